The van der Waals surface area contributed by atoms with Gasteiger partial charge in [0.25, 0.3) is 0 Å². The normalized spacial score (nSPS) is 16.6. The number of hydrogen-bond donors (Lipinski definition) is 2. The molecule has 0 aromatic heterocycles. The molecule has 112 valence electrons. The summed E-state index contributed by atoms with van der Waals surface area (Å²) in [4.78, 5) is 4.99. The minimum Gasteiger partial charge on any atom is -0.396 e. The number of aliphatic hydroxyl groups excluding tert-OH is 1. The molecule has 1 aromatic carbocycles. The second-order valence-electron chi connectivity index (χ2n) is 5.30. The fourth-order valence-electron chi connectivity index (χ4n) is 2.70. The minimum absolute atomic E-state index is 0.258. The van der Waals surface area contributed by atoms with Crippen molar-refractivity contribution >= 4 is 5.69 Å². The summed E-state index contributed by atoms with van der Waals surface area (Å²) in [6.07, 6.45) is 0.817. The maximum atomic E-state index is 8.82. The predicted octanol–water partition coefficient (Wildman–Crippen LogP) is 1.30. The summed E-state index contributed by atoms with van der Waals surface area (Å²) in [5, 5.41) is 12.2. The smallest absolute Gasteiger partial charge is 0.0443 e. The van der Waals surface area contributed by atoms with Crippen molar-refractivity contribution in [2.75, 3.05) is 50.8 Å². The van der Waals surface area contributed by atoms with Crippen LogP contribution in [-0.2, 0) is 6.54 Å². The third-order valence-corrected chi connectivity index (χ3v) is 3.98. The molecule has 1 heterocycles. The molecule has 1 fully saturated rings. The molecular formula is C16H27N3O. The molecule has 4 heteroatoms. The lowest BCUT2D eigenvalue weighted by Crippen LogP contribution is -2.46. The van der Waals surface area contributed by atoms with Gasteiger partial charge in [0.05, 0.1) is 0 Å². The van der Waals surface area contributed by atoms with E-state index in [0.717, 1.165) is 52.2 Å². The zero-order valence-electron chi connectivity index (χ0n) is 12.5. The zero-order valence-corrected chi connectivity index (χ0v) is 12.5. The van der Waals surface area contributed by atoms with Crippen LogP contribution in [0.25, 0.3) is 0 Å². The van der Waals surface area contributed by atoms with Crippen molar-refractivity contribution in [3.8, 4) is 0 Å². The number of anilines is 1. The van der Waals surface area contributed by atoms with Crippen LogP contribution < -0.4 is 10.2 Å². The van der Waals surface area contributed by atoms with E-state index < -0.39 is 0 Å². The minimum atomic E-state index is 0.258. The zero-order chi connectivity index (χ0) is 14.2. The standard InChI is InChI=1S/C16H27N3O/c1-2-18-9-11-19(12-10-18)16-7-4-3-6-15(16)14-17-8-5-13-20/h3-4,6-7,17,20H,2,5,8-14H2,1H3. The van der Waals surface area contributed by atoms with Crippen molar-refractivity contribution in [3.05, 3.63) is 29.8 Å². The largest absolute Gasteiger partial charge is 0.396 e. The number of hydrogen-bond acceptors (Lipinski definition) is 4. The van der Waals surface area contributed by atoms with Crippen molar-refractivity contribution in [1.29, 1.82) is 0 Å². The Balaban J connectivity index is 1.93. The maximum Gasteiger partial charge on any atom is 0.0443 e. The first kappa shape index (κ1) is 15.3. The number of piperazine rings is 1. The van der Waals surface area contributed by atoms with Gasteiger partial charge < -0.3 is 20.2 Å². The van der Waals surface area contributed by atoms with E-state index in [2.05, 4.69) is 46.3 Å². The third-order valence-electron chi connectivity index (χ3n) is 3.98. The number of aliphatic hydroxyl groups is 1. The molecule has 1 aliphatic heterocycles. The molecule has 0 radical (unpaired) electrons. The van der Waals surface area contributed by atoms with E-state index >= 15 is 0 Å². The topological polar surface area (TPSA) is 38.7 Å². The van der Waals surface area contributed by atoms with E-state index in [-0.39, 0.29) is 6.61 Å². The van der Waals surface area contributed by atoms with Gasteiger partial charge in [-0.15, -0.1) is 0 Å². The average Bonchev–Trinajstić information content (AvgIpc) is 2.52. The summed E-state index contributed by atoms with van der Waals surface area (Å²) < 4.78 is 0. The van der Waals surface area contributed by atoms with Crippen LogP contribution in [0.2, 0.25) is 0 Å². The molecule has 0 atom stereocenters. The van der Waals surface area contributed by atoms with Crippen LogP contribution in [0.15, 0.2) is 24.3 Å². The van der Waals surface area contributed by atoms with Crippen molar-refractivity contribution in [2.45, 2.75) is 19.9 Å². The van der Waals surface area contributed by atoms with Gasteiger partial charge in [0.2, 0.25) is 0 Å². The molecule has 2 N–H and O–H groups in total. The van der Waals surface area contributed by atoms with Crippen molar-refractivity contribution < 1.29 is 5.11 Å². The fraction of sp³-hybridized carbons (Fsp3) is 0.625. The molecule has 1 aliphatic rings. The molecule has 1 aromatic rings. The highest BCUT2D eigenvalue weighted by Gasteiger charge is 2.17. The van der Waals surface area contributed by atoms with Crippen LogP contribution in [0, 0.1) is 0 Å². The Hall–Kier alpha value is -1.10. The molecule has 0 spiro atoms. The highest BCUT2D eigenvalue weighted by molar-refractivity contribution is 5.54. The summed E-state index contributed by atoms with van der Waals surface area (Å²) >= 11 is 0. The van der Waals surface area contributed by atoms with E-state index in [1.807, 2.05) is 0 Å². The molecule has 20 heavy (non-hydrogen) atoms. The lowest BCUT2D eigenvalue weighted by atomic mass is 10.1. The lowest BCUT2D eigenvalue weighted by Gasteiger charge is -2.36. The van der Waals surface area contributed by atoms with E-state index in [4.69, 9.17) is 5.11 Å². The van der Waals surface area contributed by atoms with Crippen molar-refractivity contribution in [3.63, 3.8) is 0 Å². The predicted molar refractivity (Wildman–Crippen MR) is 84.2 cm³/mol. The molecule has 0 bridgehead atoms. The van der Waals surface area contributed by atoms with Crippen LogP contribution in [0.3, 0.4) is 0 Å². The van der Waals surface area contributed by atoms with Gasteiger partial charge in [-0.2, -0.15) is 0 Å². The van der Waals surface area contributed by atoms with Crippen molar-refractivity contribution in [2.24, 2.45) is 0 Å². The number of nitrogens with one attached hydrogen (secondary N) is 1. The van der Waals surface area contributed by atoms with E-state index in [1.165, 1.54) is 11.3 Å². The second kappa shape index (κ2) is 8.25. The molecule has 0 unspecified atom stereocenters. The van der Waals surface area contributed by atoms with Gasteiger partial charge in [0, 0.05) is 45.0 Å². The van der Waals surface area contributed by atoms with Gasteiger partial charge in [-0.3, -0.25) is 0 Å². The van der Waals surface area contributed by atoms with Gasteiger partial charge in [0.1, 0.15) is 0 Å². The van der Waals surface area contributed by atoms with Gasteiger partial charge in [-0.05, 0) is 31.1 Å². The maximum absolute atomic E-state index is 8.82. The van der Waals surface area contributed by atoms with Gasteiger partial charge >= 0.3 is 0 Å². The summed E-state index contributed by atoms with van der Waals surface area (Å²) in [6, 6.07) is 8.66. The Morgan fingerprint density at radius 2 is 1.90 bits per heavy atom. The summed E-state index contributed by atoms with van der Waals surface area (Å²) in [5.41, 5.74) is 2.72. The van der Waals surface area contributed by atoms with Crippen LogP contribution in [0.4, 0.5) is 5.69 Å². The summed E-state index contributed by atoms with van der Waals surface area (Å²) in [6.45, 7) is 9.92. The second-order valence-corrected chi connectivity index (χ2v) is 5.30. The molecular weight excluding hydrogens is 250 g/mol. The van der Waals surface area contributed by atoms with Gasteiger partial charge in [0.15, 0.2) is 0 Å². The van der Waals surface area contributed by atoms with Crippen LogP contribution in [-0.4, -0.2) is 55.9 Å². The molecule has 0 saturated carbocycles. The van der Waals surface area contributed by atoms with Crippen LogP contribution >= 0.6 is 0 Å². The van der Waals surface area contributed by atoms with E-state index in [1.54, 1.807) is 0 Å². The average molecular weight is 277 g/mol. The van der Waals surface area contributed by atoms with Crippen LogP contribution in [0.1, 0.15) is 18.9 Å². The molecule has 0 amide bonds. The number of rotatable bonds is 7. The third kappa shape index (κ3) is 4.20. The summed E-state index contributed by atoms with van der Waals surface area (Å²) in [5.74, 6) is 0. The molecule has 0 aliphatic carbocycles. The van der Waals surface area contributed by atoms with E-state index in [9.17, 15) is 0 Å². The first-order valence-corrected chi connectivity index (χ1v) is 7.72. The van der Waals surface area contributed by atoms with E-state index in [0.29, 0.717) is 0 Å². The highest BCUT2D eigenvalue weighted by atomic mass is 16.3. The quantitative estimate of drug-likeness (QED) is 0.737. The van der Waals surface area contributed by atoms with Crippen LogP contribution in [0.5, 0.6) is 0 Å². The number of benzene rings is 1. The monoisotopic (exact) mass is 277 g/mol. The Bertz CT molecular complexity index is 389. The summed E-state index contributed by atoms with van der Waals surface area (Å²) in [7, 11) is 0. The number of likely N-dealkylation sites (N-methyl/N-ethyl adjacent to an activating group) is 1. The number of nitrogens with zero attached hydrogens (tertiary/aromatic N) is 2. The Labute approximate surface area is 122 Å². The molecule has 1 saturated heterocycles. The SMILES string of the molecule is CCN1CCN(c2ccccc2CNCCCO)CC1. The first-order chi connectivity index (χ1) is 9.85. The Morgan fingerprint density at radius 3 is 2.60 bits per heavy atom. The van der Waals surface area contributed by atoms with Crippen molar-refractivity contribution in [1.82, 2.24) is 10.2 Å². The Kier molecular flexibility index (Phi) is 6.30. The van der Waals surface area contributed by atoms with Gasteiger partial charge in [-0.1, -0.05) is 25.1 Å². The first-order valence-electron chi connectivity index (χ1n) is 7.72. The molecule has 4 nitrogen and oxygen atoms in total. The molecule has 2 rings (SSSR count). The Morgan fingerprint density at radius 1 is 1.15 bits per heavy atom. The fourth-order valence-corrected chi connectivity index (χ4v) is 2.70. The van der Waals surface area contributed by atoms with Gasteiger partial charge in [-0.25, -0.2) is 0 Å². The lowest BCUT2D eigenvalue weighted by molar-refractivity contribution is 0.271. The number of para-hydroxylation sites is 1. The highest BCUT2D eigenvalue weighted by Crippen LogP contribution is 2.21.